The van der Waals surface area contributed by atoms with Crippen molar-refractivity contribution >= 4 is 46.0 Å². The summed E-state index contributed by atoms with van der Waals surface area (Å²) in [6.07, 6.45) is 4.70. The summed E-state index contributed by atoms with van der Waals surface area (Å²) in [4.78, 5) is 71.7. The third-order valence-electron chi connectivity index (χ3n) is 10.6. The molecular weight excluding hydrogens is 691 g/mol. The van der Waals surface area contributed by atoms with Crippen LogP contribution in [0.1, 0.15) is 83.4 Å². The fraction of sp³-hybridized carbons (Fsp3) is 0.595. The number of rotatable bonds is 6. The average molecular weight is 740 g/mol. The van der Waals surface area contributed by atoms with Gasteiger partial charge in [-0.2, -0.15) is 0 Å². The third-order valence-corrected chi connectivity index (χ3v) is 12.4. The molecule has 6 rings (SSSR count). The predicted octanol–water partition coefficient (Wildman–Crippen LogP) is 3.36. The molecule has 2 saturated carbocycles. The maximum atomic E-state index is 14.4. The Labute approximate surface area is 304 Å². The van der Waals surface area contributed by atoms with Crippen molar-refractivity contribution in [3.63, 3.8) is 0 Å². The van der Waals surface area contributed by atoms with Crippen molar-refractivity contribution < 1.29 is 41.9 Å². The average Bonchev–Trinajstić information content (AvgIpc) is 3.95. The summed E-state index contributed by atoms with van der Waals surface area (Å²) in [6.45, 7) is 13.5. The first-order chi connectivity index (χ1) is 24.3. The summed E-state index contributed by atoms with van der Waals surface area (Å²) in [5, 5.41) is 4.80. The second-order valence-electron chi connectivity index (χ2n) is 16.6. The molecule has 15 heteroatoms. The smallest absolute Gasteiger partial charge is 0.410 e. The van der Waals surface area contributed by atoms with Crippen LogP contribution in [0.4, 0.5) is 9.59 Å². The summed E-state index contributed by atoms with van der Waals surface area (Å²) in [5.41, 5.74) is 0.0656. The molecule has 1 saturated heterocycles. The van der Waals surface area contributed by atoms with Crippen molar-refractivity contribution in [2.24, 2.45) is 16.7 Å². The Kier molecular flexibility index (Phi) is 9.73. The minimum Gasteiger partial charge on any atom is -0.449 e. The summed E-state index contributed by atoms with van der Waals surface area (Å²) < 4.78 is 39.0. The first-order valence-corrected chi connectivity index (χ1v) is 19.4. The number of alkyl carbamates (subject to hydrolysis) is 1. The van der Waals surface area contributed by atoms with E-state index in [0.717, 1.165) is 16.7 Å². The SMILES string of the molecule is C=C[C@H]1C[C@]1(NC(=O)[C@@H]1C[C@@H]2CN1C(=O)[C@H](C(C)(C)C)NC(=O)OCC(C)(C)C/C=C/c1cccc3c1CN(C3)C(=O)O2)C(=O)NS(=O)(=O)C1CC1. The monoisotopic (exact) mass is 739 g/mol. The van der Waals surface area contributed by atoms with Crippen LogP contribution in [0.5, 0.6) is 0 Å². The van der Waals surface area contributed by atoms with Gasteiger partial charge >= 0.3 is 12.2 Å². The molecule has 0 unspecified atom stereocenters. The molecule has 52 heavy (non-hydrogen) atoms. The van der Waals surface area contributed by atoms with E-state index in [4.69, 9.17) is 9.47 Å². The van der Waals surface area contributed by atoms with Crippen molar-refractivity contribution in [3.05, 3.63) is 53.6 Å². The molecule has 1 aromatic carbocycles. The second kappa shape index (κ2) is 13.5. The van der Waals surface area contributed by atoms with Gasteiger partial charge in [0.15, 0.2) is 0 Å². The van der Waals surface area contributed by atoms with Crippen LogP contribution in [0, 0.1) is 16.7 Å². The van der Waals surface area contributed by atoms with Gasteiger partial charge in [-0.05, 0) is 47.8 Å². The molecule has 0 aromatic heterocycles. The molecule has 5 amide bonds. The Bertz CT molecular complexity index is 1810. The summed E-state index contributed by atoms with van der Waals surface area (Å²) in [7, 11) is -3.91. The van der Waals surface area contributed by atoms with Gasteiger partial charge in [0.05, 0.1) is 24.9 Å². The molecule has 3 fully saturated rings. The number of hydrogen-bond acceptors (Lipinski definition) is 9. The fourth-order valence-electron chi connectivity index (χ4n) is 7.14. The topological polar surface area (TPSA) is 181 Å². The minimum absolute atomic E-state index is 0.0686. The lowest BCUT2D eigenvalue weighted by molar-refractivity contribution is -0.143. The zero-order valence-electron chi connectivity index (χ0n) is 30.4. The number of carbonyl (C=O) groups is 5. The maximum Gasteiger partial charge on any atom is 0.410 e. The Hall–Kier alpha value is -4.40. The molecule has 5 atom stereocenters. The Morgan fingerprint density at radius 1 is 1.12 bits per heavy atom. The van der Waals surface area contributed by atoms with Crippen LogP contribution in [0.2, 0.25) is 0 Å². The maximum absolute atomic E-state index is 14.4. The molecule has 3 N–H and O–H groups in total. The number of nitrogens with zero attached hydrogens (tertiary/aromatic N) is 2. The van der Waals surface area contributed by atoms with Gasteiger partial charge < -0.3 is 25.0 Å². The molecule has 0 radical (unpaired) electrons. The summed E-state index contributed by atoms with van der Waals surface area (Å²) >= 11 is 0. The second-order valence-corrected chi connectivity index (χ2v) is 18.5. The number of amides is 5. The molecule has 282 valence electrons. The van der Waals surface area contributed by atoms with E-state index < -0.39 is 85.7 Å². The van der Waals surface area contributed by atoms with Crippen LogP contribution in [0.15, 0.2) is 36.9 Å². The minimum atomic E-state index is -3.91. The number of fused-ring (bicyclic) bond motifs is 3. The number of ether oxygens (including phenoxy) is 2. The molecule has 4 bridgehead atoms. The molecular formula is C37H49N5O9S. The van der Waals surface area contributed by atoms with Gasteiger partial charge in [0.2, 0.25) is 21.8 Å². The van der Waals surface area contributed by atoms with Crippen LogP contribution in [-0.4, -0.2) is 90.3 Å². The van der Waals surface area contributed by atoms with Crippen LogP contribution < -0.4 is 15.4 Å². The molecule has 2 aliphatic carbocycles. The Morgan fingerprint density at radius 2 is 1.85 bits per heavy atom. The molecule has 0 spiro atoms. The number of nitrogens with one attached hydrogen (secondary N) is 3. The van der Waals surface area contributed by atoms with Gasteiger partial charge in [0, 0.05) is 24.3 Å². The lowest BCUT2D eigenvalue weighted by Gasteiger charge is -2.35. The third kappa shape index (κ3) is 7.69. The number of allylic oxidation sites excluding steroid dienone is 1. The molecule has 3 heterocycles. The quantitative estimate of drug-likeness (QED) is 0.369. The predicted molar refractivity (Wildman–Crippen MR) is 190 cm³/mol. The number of hydrogen-bond donors (Lipinski definition) is 3. The molecule has 14 nitrogen and oxygen atoms in total. The van der Waals surface area contributed by atoms with Gasteiger partial charge in [-0.3, -0.25) is 24.0 Å². The van der Waals surface area contributed by atoms with Gasteiger partial charge in [-0.1, -0.05) is 71.0 Å². The van der Waals surface area contributed by atoms with Crippen LogP contribution in [-0.2, 0) is 47.0 Å². The van der Waals surface area contributed by atoms with Crippen molar-refractivity contribution in [2.45, 2.75) is 109 Å². The van der Waals surface area contributed by atoms with Crippen molar-refractivity contribution in [2.75, 3.05) is 13.2 Å². The van der Waals surface area contributed by atoms with E-state index >= 15 is 0 Å². The van der Waals surface area contributed by atoms with E-state index in [1.807, 2.05) is 44.2 Å². The van der Waals surface area contributed by atoms with Gasteiger partial charge in [0.25, 0.3) is 5.91 Å². The van der Waals surface area contributed by atoms with Gasteiger partial charge in [-0.15, -0.1) is 6.58 Å². The van der Waals surface area contributed by atoms with E-state index in [0.29, 0.717) is 32.4 Å². The number of carbonyl (C=O) groups excluding carboxylic acids is 5. The zero-order chi connectivity index (χ0) is 37.8. The number of sulfonamides is 1. The van der Waals surface area contributed by atoms with E-state index in [9.17, 15) is 32.4 Å². The highest BCUT2D eigenvalue weighted by atomic mass is 32.2. The standard InChI is InChI=1S/C37H49N5O9S/c1-7-24-17-37(24,32(45)40-52(48,49)26-13-14-26)39-30(43)28-16-25-19-42(28)31(44)29(35(2,3)4)38-33(46)50-21-36(5,6)15-9-12-22-10-8-11-23-18-41(20-27(22)23)34(47)51-25/h7-12,24-26,28-29H,1,13-21H2,2-6H3,(H,38,46)(H,39,43)(H,40,45)/b12-9+/t24-,25+,28-,29+,37+/m0/s1. The highest BCUT2D eigenvalue weighted by molar-refractivity contribution is 7.91. The van der Waals surface area contributed by atoms with E-state index in [-0.39, 0.29) is 26.0 Å². The van der Waals surface area contributed by atoms with Crippen LogP contribution in [0.3, 0.4) is 0 Å². The summed E-state index contributed by atoms with van der Waals surface area (Å²) in [5.74, 6) is -2.74. The van der Waals surface area contributed by atoms with Gasteiger partial charge in [0.1, 0.15) is 23.7 Å². The van der Waals surface area contributed by atoms with Crippen molar-refractivity contribution in [3.8, 4) is 0 Å². The Balaban J connectivity index is 1.30. The Morgan fingerprint density at radius 3 is 2.50 bits per heavy atom. The van der Waals surface area contributed by atoms with Crippen molar-refractivity contribution in [1.82, 2.24) is 25.2 Å². The number of cyclic esters (lactones) is 1. The van der Waals surface area contributed by atoms with Crippen molar-refractivity contribution in [1.29, 1.82) is 0 Å². The molecule has 3 aliphatic heterocycles. The first kappa shape index (κ1) is 37.4. The molecule has 5 aliphatic rings. The number of benzene rings is 1. The lowest BCUT2D eigenvalue weighted by Crippen LogP contribution is -2.60. The lowest BCUT2D eigenvalue weighted by atomic mass is 9.85. The van der Waals surface area contributed by atoms with Gasteiger partial charge in [-0.25, -0.2) is 18.0 Å². The van der Waals surface area contributed by atoms with E-state index in [1.54, 1.807) is 25.7 Å². The molecule has 1 aromatic rings. The fourth-order valence-corrected chi connectivity index (χ4v) is 8.51. The highest BCUT2D eigenvalue weighted by Crippen LogP contribution is 2.45. The largest absolute Gasteiger partial charge is 0.449 e. The summed E-state index contributed by atoms with van der Waals surface area (Å²) in [6, 6.07) is 3.49. The van der Waals surface area contributed by atoms with Crippen LogP contribution >= 0.6 is 0 Å². The van der Waals surface area contributed by atoms with E-state index in [1.165, 1.54) is 11.0 Å². The first-order valence-electron chi connectivity index (χ1n) is 17.8. The highest BCUT2D eigenvalue weighted by Gasteiger charge is 2.62. The van der Waals surface area contributed by atoms with Crippen LogP contribution in [0.25, 0.3) is 6.08 Å². The van der Waals surface area contributed by atoms with E-state index in [2.05, 4.69) is 21.9 Å². The normalized spacial score (nSPS) is 29.8. The zero-order valence-corrected chi connectivity index (χ0v) is 31.2.